The minimum absolute atomic E-state index is 0.0176. The van der Waals surface area contributed by atoms with E-state index in [2.05, 4.69) is 20.3 Å². The molecule has 178 valence electrons. The number of carbonyl (C=O) groups excluding carboxylic acids is 2. The Hall–Kier alpha value is -3.60. The van der Waals surface area contributed by atoms with Crippen LogP contribution < -0.4 is 5.32 Å². The number of ether oxygens (including phenoxy) is 1. The number of hydrogen-bond donors (Lipinski definition) is 1. The molecule has 0 fully saturated rings. The summed E-state index contributed by atoms with van der Waals surface area (Å²) >= 11 is 6.12. The maximum Gasteiger partial charge on any atom is 0.490 e. The van der Waals surface area contributed by atoms with E-state index in [4.69, 9.17) is 11.6 Å². The van der Waals surface area contributed by atoms with E-state index in [1.54, 1.807) is 31.2 Å². The van der Waals surface area contributed by atoms with Crippen molar-refractivity contribution < 1.29 is 27.5 Å². The van der Waals surface area contributed by atoms with Crippen molar-refractivity contribution in [2.24, 2.45) is 0 Å². The number of hydrogen-bond acceptors (Lipinski definition) is 5. The highest BCUT2D eigenvalue weighted by atomic mass is 35.5. The second-order valence-corrected chi connectivity index (χ2v) is 7.97. The average molecular weight is 494 g/mol. The predicted molar refractivity (Wildman–Crippen MR) is 118 cm³/mol. The summed E-state index contributed by atoms with van der Waals surface area (Å²) in [5, 5.41) is 11.4. The Morgan fingerprint density at radius 2 is 1.91 bits per heavy atom. The number of rotatable bonds is 7. The summed E-state index contributed by atoms with van der Waals surface area (Å²) < 4.78 is 44.4. The van der Waals surface area contributed by atoms with Gasteiger partial charge in [0.05, 0.1) is 17.6 Å². The molecule has 0 saturated carbocycles. The van der Waals surface area contributed by atoms with Gasteiger partial charge in [0.2, 0.25) is 0 Å². The number of aromatic nitrogens is 4. The number of pyridine rings is 1. The quantitative estimate of drug-likeness (QED) is 0.311. The van der Waals surface area contributed by atoms with Gasteiger partial charge < -0.3 is 14.6 Å². The number of nitrogens with one attached hydrogen (secondary N) is 1. The highest BCUT2D eigenvalue weighted by molar-refractivity contribution is 6.30. The fourth-order valence-electron chi connectivity index (χ4n) is 3.63. The average Bonchev–Trinajstić information content (AvgIpc) is 3.33. The molecule has 1 amide bonds. The summed E-state index contributed by atoms with van der Waals surface area (Å²) in [6.07, 6.45) is -5.02. The van der Waals surface area contributed by atoms with E-state index in [-0.39, 0.29) is 13.0 Å². The third-order valence-corrected chi connectivity index (χ3v) is 5.37. The molecule has 34 heavy (non-hydrogen) atoms. The number of amides is 1. The third-order valence-electron chi connectivity index (χ3n) is 5.13. The van der Waals surface area contributed by atoms with Gasteiger partial charge in [-0.2, -0.15) is 13.2 Å². The first-order valence-corrected chi connectivity index (χ1v) is 10.6. The molecule has 0 atom stereocenters. The minimum atomic E-state index is -5.05. The Balaban J connectivity index is 1.59. The molecule has 0 aliphatic heterocycles. The standard InChI is InChI=1S/C22H19ClF3N5O3/c1-13-28-29-19-7-6-16-17(31(13)19)11-18(30(16)12-14-4-2-5-15(23)10-14)20(32)27-8-3-9-34-21(33)22(24,25)26/h2,4-7,10-11H,3,8-9,12H2,1H3,(H,27,32). The van der Waals surface area contributed by atoms with Crippen LogP contribution in [-0.2, 0) is 16.1 Å². The first-order valence-electron chi connectivity index (χ1n) is 10.3. The van der Waals surface area contributed by atoms with Crippen LogP contribution in [0.2, 0.25) is 5.02 Å². The molecule has 4 rings (SSSR count). The first-order chi connectivity index (χ1) is 16.1. The Morgan fingerprint density at radius 3 is 2.65 bits per heavy atom. The Kier molecular flexibility index (Phi) is 6.47. The number of esters is 1. The fraction of sp³-hybridized carbons (Fsp3) is 0.273. The monoisotopic (exact) mass is 493 g/mol. The van der Waals surface area contributed by atoms with Gasteiger partial charge >= 0.3 is 12.1 Å². The van der Waals surface area contributed by atoms with Gasteiger partial charge in [-0.25, -0.2) is 4.79 Å². The third kappa shape index (κ3) is 4.84. The van der Waals surface area contributed by atoms with Crippen molar-refractivity contribution in [1.82, 2.24) is 24.5 Å². The second kappa shape index (κ2) is 9.34. The van der Waals surface area contributed by atoms with E-state index in [1.807, 2.05) is 27.2 Å². The van der Waals surface area contributed by atoms with Crippen molar-refractivity contribution in [2.45, 2.75) is 26.1 Å². The summed E-state index contributed by atoms with van der Waals surface area (Å²) in [6.45, 7) is 1.70. The van der Waals surface area contributed by atoms with Gasteiger partial charge in [-0.1, -0.05) is 23.7 Å². The van der Waals surface area contributed by atoms with Crippen LogP contribution in [0.25, 0.3) is 16.7 Å². The number of fused-ring (bicyclic) bond motifs is 3. The van der Waals surface area contributed by atoms with Gasteiger partial charge in [0.1, 0.15) is 11.5 Å². The van der Waals surface area contributed by atoms with Crippen LogP contribution >= 0.6 is 11.6 Å². The largest absolute Gasteiger partial charge is 0.490 e. The lowest BCUT2D eigenvalue weighted by Crippen LogP contribution is -2.29. The summed E-state index contributed by atoms with van der Waals surface area (Å²) in [4.78, 5) is 23.8. The molecule has 0 saturated heterocycles. The lowest BCUT2D eigenvalue weighted by molar-refractivity contribution is -0.199. The predicted octanol–water partition coefficient (Wildman–Crippen LogP) is 3.92. The van der Waals surface area contributed by atoms with Gasteiger partial charge in [0.25, 0.3) is 5.91 Å². The van der Waals surface area contributed by atoms with E-state index in [1.165, 1.54) is 0 Å². The maximum absolute atomic E-state index is 13.0. The van der Waals surface area contributed by atoms with E-state index >= 15 is 0 Å². The molecule has 3 aromatic heterocycles. The molecule has 0 unspecified atom stereocenters. The Labute approximate surface area is 196 Å². The van der Waals surface area contributed by atoms with Gasteiger partial charge in [-0.3, -0.25) is 9.20 Å². The molecule has 8 nitrogen and oxygen atoms in total. The zero-order valence-corrected chi connectivity index (χ0v) is 18.7. The van der Waals surface area contributed by atoms with Gasteiger partial charge in [-0.05, 0) is 49.2 Å². The normalized spacial score (nSPS) is 11.8. The van der Waals surface area contributed by atoms with Crippen LogP contribution in [0.4, 0.5) is 13.2 Å². The summed E-state index contributed by atoms with van der Waals surface area (Å²) in [5.41, 5.74) is 3.33. The van der Waals surface area contributed by atoms with Gasteiger partial charge in [0, 0.05) is 18.1 Å². The van der Waals surface area contributed by atoms with E-state index in [9.17, 15) is 22.8 Å². The van der Waals surface area contributed by atoms with Crippen LogP contribution in [0.15, 0.2) is 42.5 Å². The number of carbonyl (C=O) groups is 2. The molecule has 1 N–H and O–H groups in total. The lowest BCUT2D eigenvalue weighted by Gasteiger charge is -2.12. The number of nitrogens with zero attached hydrogens (tertiary/aromatic N) is 4. The molecule has 3 heterocycles. The molecular formula is C22H19ClF3N5O3. The van der Waals surface area contributed by atoms with Crippen LogP contribution in [0.5, 0.6) is 0 Å². The van der Waals surface area contributed by atoms with E-state index < -0.39 is 24.7 Å². The maximum atomic E-state index is 13.0. The first kappa shape index (κ1) is 23.6. The van der Waals surface area contributed by atoms with E-state index in [0.717, 1.165) is 16.6 Å². The van der Waals surface area contributed by atoms with E-state index in [0.29, 0.717) is 28.7 Å². The highest BCUT2D eigenvalue weighted by Crippen LogP contribution is 2.24. The van der Waals surface area contributed by atoms with Crippen molar-refractivity contribution in [2.75, 3.05) is 13.2 Å². The molecule has 1 aromatic carbocycles. The molecule has 0 spiro atoms. The fourth-order valence-corrected chi connectivity index (χ4v) is 3.84. The summed E-state index contributed by atoms with van der Waals surface area (Å²) in [7, 11) is 0. The van der Waals surface area contributed by atoms with Gasteiger partial charge in [0.15, 0.2) is 5.65 Å². The van der Waals surface area contributed by atoms with Gasteiger partial charge in [-0.15, -0.1) is 10.2 Å². The van der Waals surface area contributed by atoms with Crippen LogP contribution in [-0.4, -0.2) is 50.4 Å². The second-order valence-electron chi connectivity index (χ2n) is 7.53. The number of aryl methyl sites for hydroxylation is 1. The molecule has 0 aliphatic rings. The molecule has 0 radical (unpaired) electrons. The number of halogens is 4. The smallest absolute Gasteiger partial charge is 0.459 e. The summed E-state index contributed by atoms with van der Waals surface area (Å²) in [5.74, 6) is -2.04. The topological polar surface area (TPSA) is 90.5 Å². The molecule has 4 aromatic rings. The zero-order chi connectivity index (χ0) is 24.5. The molecule has 0 aliphatic carbocycles. The van der Waals surface area contributed by atoms with Crippen molar-refractivity contribution in [1.29, 1.82) is 0 Å². The van der Waals surface area contributed by atoms with Crippen molar-refractivity contribution in [3.8, 4) is 0 Å². The Bertz CT molecular complexity index is 1380. The van der Waals surface area contributed by atoms with Crippen molar-refractivity contribution >= 4 is 40.2 Å². The minimum Gasteiger partial charge on any atom is -0.459 e. The SMILES string of the molecule is Cc1nnc2ccc3c(cc(C(=O)NCCCOC(=O)C(F)(F)F)n3Cc3cccc(Cl)c3)n12. The summed E-state index contributed by atoms with van der Waals surface area (Å²) in [6, 6.07) is 12.6. The molecule has 12 heteroatoms. The molecule has 0 bridgehead atoms. The van der Waals surface area contributed by atoms with Crippen molar-refractivity contribution in [3.63, 3.8) is 0 Å². The van der Waals surface area contributed by atoms with Crippen LogP contribution in [0.1, 0.15) is 28.3 Å². The number of alkyl halides is 3. The highest BCUT2D eigenvalue weighted by Gasteiger charge is 2.40. The van der Waals surface area contributed by atoms with Crippen molar-refractivity contribution in [3.05, 3.63) is 64.6 Å². The molecular weight excluding hydrogens is 475 g/mol. The number of benzene rings is 1. The van der Waals surface area contributed by atoms with Crippen LogP contribution in [0, 0.1) is 6.92 Å². The zero-order valence-electron chi connectivity index (χ0n) is 17.9. The lowest BCUT2D eigenvalue weighted by atomic mass is 10.2. The Morgan fingerprint density at radius 1 is 1.12 bits per heavy atom. The van der Waals surface area contributed by atoms with Crippen LogP contribution in [0.3, 0.4) is 0 Å².